The van der Waals surface area contributed by atoms with Gasteiger partial charge in [-0.3, -0.25) is 9.59 Å². The molecule has 0 radical (unpaired) electrons. The van der Waals surface area contributed by atoms with E-state index in [-0.39, 0.29) is 30.3 Å². The Balaban J connectivity index is 1.41. The number of hydrogen-bond donors (Lipinski definition) is 4. The van der Waals surface area contributed by atoms with Crippen LogP contribution in [0.5, 0.6) is 5.75 Å². The molecule has 1 aliphatic heterocycles. The van der Waals surface area contributed by atoms with Gasteiger partial charge >= 0.3 is 6.36 Å². The number of aromatic nitrogens is 1. The van der Waals surface area contributed by atoms with Gasteiger partial charge in [-0.2, -0.15) is 0 Å². The number of carbonyl (C=O) groups excluding carboxylic acids is 2. The second-order valence-electron chi connectivity index (χ2n) is 8.72. The number of carbonyl (C=O) groups is 2. The van der Waals surface area contributed by atoms with Crippen LogP contribution in [0.2, 0.25) is 0 Å². The van der Waals surface area contributed by atoms with Crippen LogP contribution in [0.25, 0.3) is 10.9 Å². The largest absolute Gasteiger partial charge is 0.573 e. The van der Waals surface area contributed by atoms with Crippen LogP contribution < -0.4 is 20.7 Å². The molecule has 0 atom stereocenters. The van der Waals surface area contributed by atoms with Crippen molar-refractivity contribution in [3.8, 4) is 5.75 Å². The van der Waals surface area contributed by atoms with Crippen molar-refractivity contribution in [3.05, 3.63) is 65.6 Å². The number of hydrogen-bond acceptors (Lipinski definition) is 4. The number of benzene rings is 2. The summed E-state index contributed by atoms with van der Waals surface area (Å²) in [4.78, 5) is 29.1. The van der Waals surface area contributed by atoms with E-state index in [0.29, 0.717) is 32.4 Å². The molecular formula is C25H26F4N4O3. The lowest BCUT2D eigenvalue weighted by molar-refractivity contribution is -0.274. The van der Waals surface area contributed by atoms with E-state index in [1.807, 2.05) is 0 Å². The van der Waals surface area contributed by atoms with E-state index < -0.39 is 23.6 Å². The van der Waals surface area contributed by atoms with E-state index in [4.69, 9.17) is 0 Å². The molecular weight excluding hydrogens is 480 g/mol. The maximum absolute atomic E-state index is 13.6. The van der Waals surface area contributed by atoms with Crippen LogP contribution in [0.3, 0.4) is 0 Å². The van der Waals surface area contributed by atoms with Crippen LogP contribution in [-0.4, -0.2) is 48.3 Å². The third-order valence-corrected chi connectivity index (χ3v) is 6.23. The molecule has 4 rings (SSSR count). The molecule has 0 aliphatic carbocycles. The van der Waals surface area contributed by atoms with Gasteiger partial charge in [0.2, 0.25) is 11.8 Å². The van der Waals surface area contributed by atoms with E-state index in [1.165, 1.54) is 30.3 Å². The van der Waals surface area contributed by atoms with Crippen molar-refractivity contribution in [2.24, 2.45) is 0 Å². The van der Waals surface area contributed by atoms with Crippen molar-refractivity contribution in [1.29, 1.82) is 0 Å². The van der Waals surface area contributed by atoms with Crippen LogP contribution in [0.4, 0.5) is 17.6 Å². The Labute approximate surface area is 204 Å². The Morgan fingerprint density at radius 2 is 1.81 bits per heavy atom. The number of H-pyrrole nitrogens is 1. The number of piperidine rings is 1. The SMILES string of the molecule is O=C(Cc1ccccc1OC(F)(F)F)NC1(C(=O)NCCc2c[nH]c3ccc(F)cc23)CCNCC1. The number of fused-ring (bicyclic) bond motifs is 1. The molecule has 36 heavy (non-hydrogen) atoms. The molecule has 0 saturated carbocycles. The highest BCUT2D eigenvalue weighted by Crippen LogP contribution is 2.27. The molecule has 1 saturated heterocycles. The summed E-state index contributed by atoms with van der Waals surface area (Å²) in [6, 6.07) is 9.84. The van der Waals surface area contributed by atoms with E-state index in [9.17, 15) is 27.2 Å². The van der Waals surface area contributed by atoms with E-state index in [0.717, 1.165) is 22.5 Å². The van der Waals surface area contributed by atoms with Crippen LogP contribution in [0.1, 0.15) is 24.0 Å². The van der Waals surface area contributed by atoms with Gasteiger partial charge in [-0.05, 0) is 62.2 Å². The predicted molar refractivity (Wildman–Crippen MR) is 125 cm³/mol. The summed E-state index contributed by atoms with van der Waals surface area (Å²) in [5.41, 5.74) is 0.488. The first-order chi connectivity index (χ1) is 17.2. The summed E-state index contributed by atoms with van der Waals surface area (Å²) in [6.45, 7) is 1.24. The Morgan fingerprint density at radius 1 is 1.06 bits per heavy atom. The van der Waals surface area contributed by atoms with E-state index in [1.54, 1.807) is 12.3 Å². The topological polar surface area (TPSA) is 95.2 Å². The number of amides is 2. The van der Waals surface area contributed by atoms with Gasteiger partial charge in [0.1, 0.15) is 17.1 Å². The molecule has 0 unspecified atom stereocenters. The standard InChI is InChI=1S/C25H26F4N4O3/c26-18-5-6-20-19(14-18)17(15-32-20)7-10-31-23(35)24(8-11-30-12-9-24)33-22(34)13-16-3-1-2-4-21(16)36-25(27,28)29/h1-6,14-15,30,32H,7-13H2,(H,31,35)(H,33,34). The van der Waals surface area contributed by atoms with Crippen LogP contribution in [-0.2, 0) is 22.4 Å². The number of nitrogens with one attached hydrogen (secondary N) is 4. The Bertz CT molecular complexity index is 1240. The number of rotatable bonds is 8. The van der Waals surface area contributed by atoms with Crippen LogP contribution in [0, 0.1) is 5.82 Å². The molecule has 4 N–H and O–H groups in total. The third kappa shape index (κ3) is 6.14. The first-order valence-corrected chi connectivity index (χ1v) is 11.5. The molecule has 0 bridgehead atoms. The molecule has 1 aliphatic rings. The molecule has 3 aromatic rings. The average molecular weight is 507 g/mol. The molecule has 2 amide bonds. The highest BCUT2D eigenvalue weighted by atomic mass is 19.4. The van der Waals surface area contributed by atoms with Gasteiger partial charge < -0.3 is 25.7 Å². The maximum atomic E-state index is 13.6. The lowest BCUT2D eigenvalue weighted by Crippen LogP contribution is -2.63. The minimum absolute atomic E-state index is 0.0587. The number of halogens is 4. The van der Waals surface area contributed by atoms with Crippen molar-refractivity contribution < 1.29 is 31.9 Å². The second-order valence-corrected chi connectivity index (χ2v) is 8.72. The van der Waals surface area contributed by atoms with Crippen molar-refractivity contribution >= 4 is 22.7 Å². The molecule has 11 heteroatoms. The molecule has 7 nitrogen and oxygen atoms in total. The summed E-state index contributed by atoms with van der Waals surface area (Å²) in [5, 5.41) is 9.50. The molecule has 1 fully saturated rings. The highest BCUT2D eigenvalue weighted by molar-refractivity contribution is 5.92. The van der Waals surface area contributed by atoms with Crippen molar-refractivity contribution in [2.45, 2.75) is 37.6 Å². The van der Waals surface area contributed by atoms with Crippen molar-refractivity contribution in [3.63, 3.8) is 0 Å². The third-order valence-electron chi connectivity index (χ3n) is 6.23. The minimum atomic E-state index is -4.89. The Hall–Kier alpha value is -3.60. The smallest absolute Gasteiger partial charge is 0.405 e. The summed E-state index contributed by atoms with van der Waals surface area (Å²) in [5.74, 6) is -1.77. The lowest BCUT2D eigenvalue weighted by atomic mass is 9.86. The fourth-order valence-corrected chi connectivity index (χ4v) is 4.46. The second kappa shape index (κ2) is 10.6. The Morgan fingerprint density at radius 3 is 2.56 bits per heavy atom. The minimum Gasteiger partial charge on any atom is -0.405 e. The lowest BCUT2D eigenvalue weighted by Gasteiger charge is -2.37. The van der Waals surface area contributed by atoms with Crippen LogP contribution in [0.15, 0.2) is 48.7 Å². The number of aromatic amines is 1. The quantitative estimate of drug-likeness (QED) is 0.353. The maximum Gasteiger partial charge on any atom is 0.573 e. The fraction of sp³-hybridized carbons (Fsp3) is 0.360. The zero-order valence-corrected chi connectivity index (χ0v) is 19.3. The fourth-order valence-electron chi connectivity index (χ4n) is 4.46. The zero-order valence-electron chi connectivity index (χ0n) is 19.3. The van der Waals surface area contributed by atoms with Crippen molar-refractivity contribution in [1.82, 2.24) is 20.9 Å². The number of ether oxygens (including phenoxy) is 1. The van der Waals surface area contributed by atoms with Gasteiger partial charge in [0.25, 0.3) is 0 Å². The first kappa shape index (κ1) is 25.5. The molecule has 2 heterocycles. The summed E-state index contributed by atoms with van der Waals surface area (Å²) in [7, 11) is 0. The van der Waals surface area contributed by atoms with Gasteiger partial charge in [-0.15, -0.1) is 13.2 Å². The van der Waals surface area contributed by atoms with Crippen LogP contribution >= 0.6 is 0 Å². The molecule has 1 aromatic heterocycles. The van der Waals surface area contributed by atoms with Gasteiger partial charge in [-0.1, -0.05) is 18.2 Å². The van der Waals surface area contributed by atoms with Gasteiger partial charge in [-0.25, -0.2) is 4.39 Å². The number of para-hydroxylation sites is 1. The molecule has 192 valence electrons. The van der Waals surface area contributed by atoms with Crippen molar-refractivity contribution in [2.75, 3.05) is 19.6 Å². The summed E-state index contributed by atoms with van der Waals surface area (Å²) >= 11 is 0. The van der Waals surface area contributed by atoms with Gasteiger partial charge in [0.15, 0.2) is 0 Å². The summed E-state index contributed by atoms with van der Waals surface area (Å²) in [6.07, 6.45) is -2.42. The van der Waals surface area contributed by atoms with E-state index in [2.05, 4.69) is 25.7 Å². The zero-order chi connectivity index (χ0) is 25.8. The normalized spacial score (nSPS) is 15.4. The average Bonchev–Trinajstić information content (AvgIpc) is 3.22. The summed E-state index contributed by atoms with van der Waals surface area (Å²) < 4.78 is 55.8. The Kier molecular flexibility index (Phi) is 7.48. The van der Waals surface area contributed by atoms with E-state index >= 15 is 0 Å². The van der Waals surface area contributed by atoms with Gasteiger partial charge in [0.05, 0.1) is 6.42 Å². The monoisotopic (exact) mass is 506 g/mol. The highest BCUT2D eigenvalue weighted by Gasteiger charge is 2.41. The van der Waals surface area contributed by atoms with Gasteiger partial charge in [0, 0.05) is 29.2 Å². The molecule has 0 spiro atoms. The first-order valence-electron chi connectivity index (χ1n) is 11.5. The molecule has 2 aromatic carbocycles. The number of alkyl halides is 3. The predicted octanol–water partition coefficient (Wildman–Crippen LogP) is 3.35.